The minimum absolute atomic E-state index is 0.213. The van der Waals surface area contributed by atoms with Gasteiger partial charge in [-0.15, -0.1) is 0 Å². The van der Waals surface area contributed by atoms with Crippen molar-refractivity contribution in [1.29, 1.82) is 0 Å². The number of benzene rings is 1. The number of rotatable bonds is 9. The molecule has 0 bridgehead atoms. The summed E-state index contributed by atoms with van der Waals surface area (Å²) in [6, 6.07) is 8.00. The Hall–Kier alpha value is -1.32. The zero-order chi connectivity index (χ0) is 13.2. The first-order chi connectivity index (χ1) is 8.74. The summed E-state index contributed by atoms with van der Waals surface area (Å²) in [4.78, 5) is 0. The van der Waals surface area contributed by atoms with Crippen LogP contribution in [-0.2, 0) is 6.54 Å². The second-order valence-corrected chi connectivity index (χ2v) is 4.38. The molecule has 0 amide bonds. The Morgan fingerprint density at radius 3 is 2.94 bits per heavy atom. The van der Waals surface area contributed by atoms with E-state index in [-0.39, 0.29) is 6.10 Å². The summed E-state index contributed by atoms with van der Waals surface area (Å²) in [7, 11) is 0. The first-order valence-electron chi connectivity index (χ1n) is 6.44. The van der Waals surface area contributed by atoms with E-state index in [0.717, 1.165) is 37.2 Å². The maximum absolute atomic E-state index is 9.15. The van der Waals surface area contributed by atoms with Gasteiger partial charge < -0.3 is 15.2 Å². The number of ether oxygens (including phenoxy) is 1. The lowest BCUT2D eigenvalue weighted by Gasteiger charge is -2.11. The maximum atomic E-state index is 9.15. The molecule has 1 rings (SSSR count). The molecule has 3 nitrogen and oxygen atoms in total. The summed E-state index contributed by atoms with van der Waals surface area (Å²) in [5.41, 5.74) is 1.15. The van der Waals surface area contributed by atoms with Gasteiger partial charge in [0.05, 0.1) is 6.10 Å². The SMILES string of the molecule is C=CCOc1ccccc1CNCCCC(C)O. The normalized spacial score (nSPS) is 12.1. The molecule has 18 heavy (non-hydrogen) atoms. The molecule has 0 aliphatic carbocycles. The quantitative estimate of drug-likeness (QED) is 0.522. The van der Waals surface area contributed by atoms with Crippen LogP contribution in [0.15, 0.2) is 36.9 Å². The van der Waals surface area contributed by atoms with E-state index in [1.807, 2.05) is 25.1 Å². The molecule has 0 aliphatic rings. The van der Waals surface area contributed by atoms with E-state index in [1.165, 1.54) is 0 Å². The second kappa shape index (κ2) is 8.72. The average Bonchev–Trinajstić information content (AvgIpc) is 2.36. The Balaban J connectivity index is 2.34. The van der Waals surface area contributed by atoms with Crippen LogP contribution in [0, 0.1) is 0 Å². The highest BCUT2D eigenvalue weighted by Crippen LogP contribution is 2.17. The van der Waals surface area contributed by atoms with E-state index in [4.69, 9.17) is 9.84 Å². The summed E-state index contributed by atoms with van der Waals surface area (Å²) < 4.78 is 5.58. The predicted molar refractivity (Wildman–Crippen MR) is 74.8 cm³/mol. The molecule has 0 radical (unpaired) electrons. The van der Waals surface area contributed by atoms with Gasteiger partial charge in [-0.05, 0) is 32.4 Å². The first kappa shape index (κ1) is 14.7. The number of para-hydroxylation sites is 1. The van der Waals surface area contributed by atoms with Crippen LogP contribution < -0.4 is 10.1 Å². The van der Waals surface area contributed by atoms with Gasteiger partial charge in [0, 0.05) is 12.1 Å². The molecule has 1 unspecified atom stereocenters. The van der Waals surface area contributed by atoms with Crippen molar-refractivity contribution in [3.05, 3.63) is 42.5 Å². The second-order valence-electron chi connectivity index (χ2n) is 4.38. The fourth-order valence-corrected chi connectivity index (χ4v) is 1.68. The summed E-state index contributed by atoms with van der Waals surface area (Å²) in [5.74, 6) is 0.903. The van der Waals surface area contributed by atoms with E-state index < -0.39 is 0 Å². The van der Waals surface area contributed by atoms with Gasteiger partial charge in [-0.2, -0.15) is 0 Å². The van der Waals surface area contributed by atoms with E-state index in [9.17, 15) is 0 Å². The van der Waals surface area contributed by atoms with E-state index in [1.54, 1.807) is 6.08 Å². The zero-order valence-corrected chi connectivity index (χ0v) is 11.1. The van der Waals surface area contributed by atoms with Gasteiger partial charge in [0.1, 0.15) is 12.4 Å². The van der Waals surface area contributed by atoms with Gasteiger partial charge in [-0.3, -0.25) is 0 Å². The van der Waals surface area contributed by atoms with Crippen LogP contribution in [0.5, 0.6) is 5.75 Å². The minimum Gasteiger partial charge on any atom is -0.489 e. The Kier molecular flexibility index (Phi) is 7.14. The molecule has 0 saturated heterocycles. The number of aliphatic hydroxyl groups is 1. The molecule has 3 heteroatoms. The van der Waals surface area contributed by atoms with Crippen LogP contribution in [0.2, 0.25) is 0 Å². The van der Waals surface area contributed by atoms with Gasteiger partial charge in [0.15, 0.2) is 0 Å². The molecule has 2 N–H and O–H groups in total. The molecular weight excluding hydrogens is 226 g/mol. The molecule has 1 atom stereocenters. The smallest absolute Gasteiger partial charge is 0.124 e. The third-order valence-electron chi connectivity index (χ3n) is 2.62. The van der Waals surface area contributed by atoms with Crippen molar-refractivity contribution < 1.29 is 9.84 Å². The first-order valence-corrected chi connectivity index (χ1v) is 6.44. The summed E-state index contributed by atoms with van der Waals surface area (Å²) in [6.07, 6.45) is 3.34. The molecule has 1 aromatic rings. The predicted octanol–water partition coefficient (Wildman–Crippen LogP) is 2.50. The number of hydrogen-bond acceptors (Lipinski definition) is 3. The average molecular weight is 249 g/mol. The van der Waals surface area contributed by atoms with E-state index >= 15 is 0 Å². The van der Waals surface area contributed by atoms with Crippen LogP contribution in [0.1, 0.15) is 25.3 Å². The third-order valence-corrected chi connectivity index (χ3v) is 2.62. The van der Waals surface area contributed by atoms with E-state index in [0.29, 0.717) is 6.61 Å². The molecule has 0 saturated carbocycles. The maximum Gasteiger partial charge on any atom is 0.124 e. The van der Waals surface area contributed by atoms with Gasteiger partial charge >= 0.3 is 0 Å². The summed E-state index contributed by atoms with van der Waals surface area (Å²) >= 11 is 0. The molecule has 0 fully saturated rings. The molecule has 0 heterocycles. The number of aliphatic hydroxyl groups excluding tert-OH is 1. The molecule has 0 aromatic heterocycles. The molecular formula is C15H23NO2. The highest BCUT2D eigenvalue weighted by molar-refractivity contribution is 5.33. The minimum atomic E-state index is -0.213. The molecule has 1 aromatic carbocycles. The van der Waals surface area contributed by atoms with Crippen LogP contribution >= 0.6 is 0 Å². The standard InChI is InChI=1S/C15H23NO2/c1-3-11-18-15-9-5-4-8-14(15)12-16-10-6-7-13(2)17/h3-5,8-9,13,16-17H,1,6-7,10-12H2,2H3. The van der Waals surface area contributed by atoms with Crippen LogP contribution in [-0.4, -0.2) is 24.4 Å². The monoisotopic (exact) mass is 249 g/mol. The van der Waals surface area contributed by atoms with Crippen molar-refractivity contribution in [1.82, 2.24) is 5.32 Å². The topological polar surface area (TPSA) is 41.5 Å². The third kappa shape index (κ3) is 5.84. The van der Waals surface area contributed by atoms with Gasteiger partial charge in [0.2, 0.25) is 0 Å². The van der Waals surface area contributed by atoms with Crippen LogP contribution in [0.25, 0.3) is 0 Å². The van der Waals surface area contributed by atoms with Crippen molar-refractivity contribution in [2.24, 2.45) is 0 Å². The molecule has 100 valence electrons. The highest BCUT2D eigenvalue weighted by atomic mass is 16.5. The largest absolute Gasteiger partial charge is 0.489 e. The van der Waals surface area contributed by atoms with Crippen LogP contribution in [0.3, 0.4) is 0 Å². The Morgan fingerprint density at radius 2 is 2.22 bits per heavy atom. The van der Waals surface area contributed by atoms with Crippen LogP contribution in [0.4, 0.5) is 0 Å². The lowest BCUT2D eigenvalue weighted by molar-refractivity contribution is 0.181. The summed E-state index contributed by atoms with van der Waals surface area (Å²) in [5, 5.41) is 12.5. The Morgan fingerprint density at radius 1 is 1.44 bits per heavy atom. The number of hydrogen-bond donors (Lipinski definition) is 2. The van der Waals surface area contributed by atoms with E-state index in [2.05, 4.69) is 18.0 Å². The zero-order valence-electron chi connectivity index (χ0n) is 11.1. The lowest BCUT2D eigenvalue weighted by atomic mass is 10.2. The van der Waals surface area contributed by atoms with Crippen molar-refractivity contribution in [2.75, 3.05) is 13.2 Å². The molecule has 0 spiro atoms. The van der Waals surface area contributed by atoms with Gasteiger partial charge in [-0.25, -0.2) is 0 Å². The fourth-order valence-electron chi connectivity index (χ4n) is 1.68. The number of nitrogens with one attached hydrogen (secondary N) is 1. The fraction of sp³-hybridized carbons (Fsp3) is 0.467. The Bertz CT molecular complexity index is 350. The Labute approximate surface area is 109 Å². The van der Waals surface area contributed by atoms with Gasteiger partial charge in [0.25, 0.3) is 0 Å². The lowest BCUT2D eigenvalue weighted by Crippen LogP contribution is -2.16. The highest BCUT2D eigenvalue weighted by Gasteiger charge is 2.02. The summed E-state index contributed by atoms with van der Waals surface area (Å²) in [6.45, 7) is 7.68. The van der Waals surface area contributed by atoms with Crippen molar-refractivity contribution >= 4 is 0 Å². The van der Waals surface area contributed by atoms with Gasteiger partial charge in [-0.1, -0.05) is 30.9 Å². The molecule has 0 aliphatic heterocycles. The van der Waals surface area contributed by atoms with Crippen molar-refractivity contribution in [3.8, 4) is 5.75 Å². The van der Waals surface area contributed by atoms with Crippen molar-refractivity contribution in [3.63, 3.8) is 0 Å². The van der Waals surface area contributed by atoms with Crippen molar-refractivity contribution in [2.45, 2.75) is 32.4 Å².